The molecule has 0 unspecified atom stereocenters. The summed E-state index contributed by atoms with van der Waals surface area (Å²) in [5.41, 5.74) is 0. The monoisotopic (exact) mass is 240 g/mol. The molecule has 0 radical (unpaired) electrons. The molecule has 100 valence electrons. The maximum Gasteiger partial charge on any atom is 0.118 e. The van der Waals surface area contributed by atoms with Crippen LogP contribution >= 0.6 is 0 Å². The zero-order valence-electron chi connectivity index (χ0n) is 11.6. The molecule has 0 aromatic rings. The first-order valence-corrected chi connectivity index (χ1v) is 6.54. The van der Waals surface area contributed by atoms with E-state index < -0.39 is 0 Å². The third-order valence-corrected chi connectivity index (χ3v) is 1.98. The van der Waals surface area contributed by atoms with Gasteiger partial charge in [0.15, 0.2) is 0 Å². The second kappa shape index (κ2) is 17.4. The Labute approximate surface area is 107 Å². The fourth-order valence-corrected chi connectivity index (χ4v) is 1.12. The molecule has 0 saturated heterocycles. The Hall–Kier alpha value is -1.02. The van der Waals surface area contributed by atoms with Crippen LogP contribution in [-0.4, -0.2) is 18.3 Å². The van der Waals surface area contributed by atoms with Crippen LogP contribution < -0.4 is 0 Å². The molecule has 0 aliphatic heterocycles. The molecule has 0 saturated carbocycles. The van der Waals surface area contributed by atoms with Gasteiger partial charge in [-0.15, -0.1) is 0 Å². The molecule has 0 rings (SSSR count). The summed E-state index contributed by atoms with van der Waals surface area (Å²) in [5.74, 6) is 0.815. The van der Waals surface area contributed by atoms with E-state index in [0.717, 1.165) is 38.0 Å². The molecule has 0 aliphatic carbocycles. The Balaban J connectivity index is 0. The number of unbranched alkanes of at least 4 members (excludes halogenated alkanes) is 3. The molecule has 17 heavy (non-hydrogen) atoms. The number of rotatable bonds is 9. The van der Waals surface area contributed by atoms with Crippen LogP contribution in [0.4, 0.5) is 0 Å². The molecule has 0 fully saturated rings. The van der Waals surface area contributed by atoms with E-state index in [1.54, 1.807) is 6.08 Å². The van der Waals surface area contributed by atoms with E-state index in [1.165, 1.54) is 0 Å². The maximum absolute atomic E-state index is 8.58. The van der Waals surface area contributed by atoms with Gasteiger partial charge in [0.05, 0.1) is 6.61 Å². The average Bonchev–Trinajstić information content (AvgIpc) is 2.39. The molecule has 0 spiro atoms. The highest BCUT2D eigenvalue weighted by Crippen LogP contribution is 2.04. The first-order valence-electron chi connectivity index (χ1n) is 6.54. The minimum Gasteiger partial charge on any atom is -0.494 e. The molecule has 0 amide bonds. The quantitative estimate of drug-likeness (QED) is 0.371. The van der Waals surface area contributed by atoms with Crippen molar-refractivity contribution in [1.82, 2.24) is 0 Å². The van der Waals surface area contributed by atoms with Crippen molar-refractivity contribution in [2.24, 2.45) is 0 Å². The zero-order valence-corrected chi connectivity index (χ0v) is 11.6. The smallest absolute Gasteiger partial charge is 0.118 e. The number of aliphatic hydroxyl groups excluding tert-OH is 1. The maximum atomic E-state index is 8.58. The van der Waals surface area contributed by atoms with Crippen molar-refractivity contribution in [1.29, 1.82) is 0 Å². The van der Waals surface area contributed by atoms with Crippen LogP contribution in [0.1, 0.15) is 46.5 Å². The van der Waals surface area contributed by atoms with Crippen molar-refractivity contribution in [3.05, 3.63) is 36.6 Å². The Kier molecular flexibility index (Phi) is 18.8. The lowest BCUT2D eigenvalue weighted by molar-refractivity contribution is 0.214. The van der Waals surface area contributed by atoms with Crippen LogP contribution in [0.25, 0.3) is 0 Å². The van der Waals surface area contributed by atoms with Crippen molar-refractivity contribution in [2.75, 3.05) is 13.2 Å². The average molecular weight is 240 g/mol. The second-order valence-electron chi connectivity index (χ2n) is 3.29. The lowest BCUT2D eigenvalue weighted by Crippen LogP contribution is -1.93. The van der Waals surface area contributed by atoms with E-state index >= 15 is 0 Å². The number of hydrogen-bond donors (Lipinski definition) is 1. The van der Waals surface area contributed by atoms with Gasteiger partial charge in [-0.2, -0.15) is 0 Å². The van der Waals surface area contributed by atoms with Gasteiger partial charge in [0.1, 0.15) is 5.76 Å². The highest BCUT2D eigenvalue weighted by molar-refractivity contribution is 5.15. The Morgan fingerprint density at radius 3 is 2.35 bits per heavy atom. The van der Waals surface area contributed by atoms with Crippen LogP contribution in [0.15, 0.2) is 36.6 Å². The summed E-state index contributed by atoms with van der Waals surface area (Å²) >= 11 is 0. The summed E-state index contributed by atoms with van der Waals surface area (Å²) in [6.45, 7) is 10.7. The fraction of sp³-hybridized carbons (Fsp3) is 0.600. The SMILES string of the molecule is C=C/C(=C\C=C/C)OCCCCCCO.CC. The zero-order chi connectivity index (χ0) is 13.4. The molecule has 0 atom stereocenters. The summed E-state index contributed by atoms with van der Waals surface area (Å²) in [4.78, 5) is 0. The Morgan fingerprint density at radius 2 is 1.82 bits per heavy atom. The Bertz CT molecular complexity index is 205. The van der Waals surface area contributed by atoms with Crippen molar-refractivity contribution >= 4 is 0 Å². The summed E-state index contributed by atoms with van der Waals surface area (Å²) in [6, 6.07) is 0. The van der Waals surface area contributed by atoms with E-state index in [4.69, 9.17) is 9.84 Å². The summed E-state index contributed by atoms with van der Waals surface area (Å²) in [7, 11) is 0. The highest BCUT2D eigenvalue weighted by atomic mass is 16.5. The van der Waals surface area contributed by atoms with Crippen LogP contribution in [0.3, 0.4) is 0 Å². The minimum absolute atomic E-state index is 0.292. The van der Waals surface area contributed by atoms with E-state index in [2.05, 4.69) is 6.58 Å². The van der Waals surface area contributed by atoms with Gasteiger partial charge in [0, 0.05) is 6.61 Å². The minimum atomic E-state index is 0.292. The lowest BCUT2D eigenvalue weighted by Gasteiger charge is -2.05. The topological polar surface area (TPSA) is 29.5 Å². The molecule has 2 nitrogen and oxygen atoms in total. The van der Waals surface area contributed by atoms with Gasteiger partial charge in [-0.3, -0.25) is 0 Å². The summed E-state index contributed by atoms with van der Waals surface area (Å²) in [5, 5.41) is 8.58. The van der Waals surface area contributed by atoms with Gasteiger partial charge in [-0.1, -0.05) is 39.0 Å². The number of allylic oxidation sites excluding steroid dienone is 4. The molecule has 0 heterocycles. The summed E-state index contributed by atoms with van der Waals surface area (Å²) < 4.78 is 5.50. The van der Waals surface area contributed by atoms with Crippen molar-refractivity contribution < 1.29 is 9.84 Å². The standard InChI is InChI=1S/C13H22O2.C2H6/c1-3-5-10-13(4-2)15-12-9-7-6-8-11-14;1-2/h3-5,10,14H,2,6-9,11-12H2,1H3;1-2H3/b5-3-,13-10+;. The molecular weight excluding hydrogens is 212 g/mol. The largest absolute Gasteiger partial charge is 0.494 e. The molecule has 0 bridgehead atoms. The molecule has 2 heteroatoms. The van der Waals surface area contributed by atoms with Crippen LogP contribution in [0, 0.1) is 0 Å². The second-order valence-corrected chi connectivity index (χ2v) is 3.29. The van der Waals surface area contributed by atoms with Gasteiger partial charge in [0.25, 0.3) is 0 Å². The van der Waals surface area contributed by atoms with Crippen molar-refractivity contribution in [2.45, 2.75) is 46.5 Å². The van der Waals surface area contributed by atoms with Gasteiger partial charge in [-0.25, -0.2) is 0 Å². The first-order chi connectivity index (χ1) is 8.35. The predicted octanol–water partition coefficient (Wildman–Crippen LogP) is 4.23. The van der Waals surface area contributed by atoms with E-state index in [1.807, 2.05) is 39.0 Å². The van der Waals surface area contributed by atoms with E-state index in [-0.39, 0.29) is 0 Å². The normalized spacial score (nSPS) is 10.9. The van der Waals surface area contributed by atoms with E-state index in [0.29, 0.717) is 6.61 Å². The molecule has 0 aromatic carbocycles. The first kappa shape index (κ1) is 18.3. The van der Waals surface area contributed by atoms with Crippen molar-refractivity contribution in [3.63, 3.8) is 0 Å². The third kappa shape index (κ3) is 15.0. The molecular formula is C15H28O2. The number of hydrogen-bond acceptors (Lipinski definition) is 2. The van der Waals surface area contributed by atoms with Gasteiger partial charge in [-0.05, 0) is 38.3 Å². The summed E-state index contributed by atoms with van der Waals surface area (Å²) in [6.07, 6.45) is 11.6. The van der Waals surface area contributed by atoms with E-state index in [9.17, 15) is 0 Å². The number of ether oxygens (including phenoxy) is 1. The Morgan fingerprint density at radius 1 is 1.18 bits per heavy atom. The van der Waals surface area contributed by atoms with Crippen molar-refractivity contribution in [3.8, 4) is 0 Å². The number of aliphatic hydroxyl groups is 1. The predicted molar refractivity (Wildman–Crippen MR) is 75.9 cm³/mol. The van der Waals surface area contributed by atoms with Gasteiger partial charge >= 0.3 is 0 Å². The lowest BCUT2D eigenvalue weighted by atomic mass is 10.2. The molecule has 1 N–H and O–H groups in total. The van der Waals surface area contributed by atoms with Gasteiger partial charge in [0.2, 0.25) is 0 Å². The fourth-order valence-electron chi connectivity index (χ4n) is 1.12. The molecule has 0 aliphatic rings. The van der Waals surface area contributed by atoms with Crippen LogP contribution in [-0.2, 0) is 4.74 Å². The highest BCUT2D eigenvalue weighted by Gasteiger charge is 1.92. The third-order valence-electron chi connectivity index (χ3n) is 1.98. The van der Waals surface area contributed by atoms with Crippen LogP contribution in [0.5, 0.6) is 0 Å². The molecule has 0 aromatic heterocycles. The van der Waals surface area contributed by atoms with Crippen LogP contribution in [0.2, 0.25) is 0 Å². The van der Waals surface area contributed by atoms with Gasteiger partial charge < -0.3 is 9.84 Å².